The van der Waals surface area contributed by atoms with Gasteiger partial charge in [0.15, 0.2) is 23.4 Å². The molecule has 6 heterocycles. The average molecular weight is 644 g/mol. The summed E-state index contributed by atoms with van der Waals surface area (Å²) in [5, 5.41) is 0.282. The molecule has 5 aromatic rings. The molecule has 4 aliphatic heterocycles. The first-order valence-corrected chi connectivity index (χ1v) is 16.6. The van der Waals surface area contributed by atoms with Crippen molar-refractivity contribution in [3.63, 3.8) is 0 Å². The molecule has 0 N–H and O–H groups in total. The molecule has 0 radical (unpaired) electrons. The van der Waals surface area contributed by atoms with Crippen LogP contribution in [-0.2, 0) is 30.1 Å². The highest BCUT2D eigenvalue weighted by Gasteiger charge is 2.83. The third kappa shape index (κ3) is 3.31. The van der Waals surface area contributed by atoms with Gasteiger partial charge in [0.2, 0.25) is 5.43 Å². The number of nitrogens with zero attached hydrogens (tertiary/aromatic N) is 3. The molecular formula is C38H33N3O7. The minimum absolute atomic E-state index is 0.0965. The number of esters is 1. The Morgan fingerprint density at radius 2 is 1.67 bits per heavy atom. The summed E-state index contributed by atoms with van der Waals surface area (Å²) in [5.74, 6) is -2.02. The Bertz CT molecular complexity index is 2270. The van der Waals surface area contributed by atoms with E-state index in [1.54, 1.807) is 18.2 Å². The molecule has 4 fully saturated rings. The number of hydrogen-bond acceptors (Lipinski definition) is 10. The van der Waals surface area contributed by atoms with Crippen molar-refractivity contribution in [2.45, 2.75) is 68.5 Å². The smallest absolute Gasteiger partial charge is 0.345 e. The van der Waals surface area contributed by atoms with Crippen LogP contribution in [0, 0.1) is 5.92 Å². The summed E-state index contributed by atoms with van der Waals surface area (Å²) in [7, 11) is 1.28. The minimum Gasteiger partial charge on any atom is -0.465 e. The number of rotatable bonds is 2. The number of carbonyl (C=O) groups excluding carboxylic acids is 1. The molecule has 242 valence electrons. The Morgan fingerprint density at radius 1 is 0.917 bits per heavy atom. The highest BCUT2D eigenvalue weighted by atomic mass is 16.8. The number of hydrogen-bond donors (Lipinski definition) is 0. The van der Waals surface area contributed by atoms with Crippen LogP contribution in [0.15, 0.2) is 82.0 Å². The van der Waals surface area contributed by atoms with E-state index in [9.17, 15) is 9.59 Å². The lowest BCUT2D eigenvalue weighted by Gasteiger charge is -2.48. The molecule has 0 bridgehead atoms. The van der Waals surface area contributed by atoms with E-state index in [1.165, 1.54) is 7.11 Å². The number of methoxy groups -OCH3 is 1. The summed E-state index contributed by atoms with van der Waals surface area (Å²) in [6, 6.07) is 22.9. The zero-order valence-corrected chi connectivity index (χ0v) is 26.8. The van der Waals surface area contributed by atoms with Crippen LogP contribution in [0.2, 0.25) is 0 Å². The van der Waals surface area contributed by atoms with E-state index in [0.717, 1.165) is 53.7 Å². The van der Waals surface area contributed by atoms with Crippen LogP contribution in [0.25, 0.3) is 33.3 Å². The van der Waals surface area contributed by atoms with E-state index in [4.69, 9.17) is 33.3 Å². The zero-order chi connectivity index (χ0) is 32.6. The van der Waals surface area contributed by atoms with Gasteiger partial charge in [-0.15, -0.1) is 0 Å². The number of aromatic nitrogens is 2. The minimum atomic E-state index is -1.51. The topological polar surface area (TPSA) is 113 Å². The molecule has 1 spiro atoms. The molecule has 1 aliphatic carbocycles. The van der Waals surface area contributed by atoms with Gasteiger partial charge in [-0.1, -0.05) is 55.0 Å². The van der Waals surface area contributed by atoms with Crippen molar-refractivity contribution in [2.75, 3.05) is 13.7 Å². The second-order valence-corrected chi connectivity index (χ2v) is 13.9. The van der Waals surface area contributed by atoms with Crippen molar-refractivity contribution < 1.29 is 28.2 Å². The quantitative estimate of drug-likeness (QED) is 0.224. The summed E-state index contributed by atoms with van der Waals surface area (Å²) >= 11 is 0. The van der Waals surface area contributed by atoms with Crippen molar-refractivity contribution in [2.24, 2.45) is 5.92 Å². The molecule has 6 atom stereocenters. The second-order valence-electron chi connectivity index (χ2n) is 13.9. The standard InChI is InChI=1S/C38H33N3O7/c1-36(2)46-31-28-25-17-10-11-19-41(25)37(22-14-6-4-12-20(22)29-32(37)40-24-16-8-7-15-23(24)39-29)38(28,48-35(31)47-36)33-27(34(43)44-3)30(42)21-13-5-9-18-26(21)45-33/h4-9,12-16,18,25,28,31,35H,10-11,17,19H2,1-3H3/t25?,28-,31-,35+,37+,38-/m0/s1. The van der Waals surface area contributed by atoms with Gasteiger partial charge in [0.05, 0.1) is 34.9 Å². The highest BCUT2D eigenvalue weighted by Crippen LogP contribution is 2.73. The maximum atomic E-state index is 14.5. The molecule has 0 amide bonds. The predicted octanol–water partition coefficient (Wildman–Crippen LogP) is 5.63. The molecule has 48 heavy (non-hydrogen) atoms. The number of fused-ring (bicyclic) bond motifs is 14. The van der Waals surface area contributed by atoms with Gasteiger partial charge >= 0.3 is 5.97 Å². The van der Waals surface area contributed by atoms with E-state index >= 15 is 0 Å². The van der Waals surface area contributed by atoms with Gasteiger partial charge < -0.3 is 23.4 Å². The Kier molecular flexibility index (Phi) is 5.69. The number of benzene rings is 3. The molecule has 3 aromatic carbocycles. The van der Waals surface area contributed by atoms with Gasteiger partial charge in [-0.2, -0.15) is 0 Å². The lowest BCUT2D eigenvalue weighted by molar-refractivity contribution is -0.250. The fourth-order valence-electron chi connectivity index (χ4n) is 9.66. The fourth-order valence-corrected chi connectivity index (χ4v) is 9.66. The van der Waals surface area contributed by atoms with E-state index in [-0.39, 0.29) is 22.8 Å². The van der Waals surface area contributed by atoms with Crippen molar-refractivity contribution in [1.29, 1.82) is 0 Å². The first-order valence-electron chi connectivity index (χ1n) is 16.6. The highest BCUT2D eigenvalue weighted by molar-refractivity contribution is 5.95. The normalized spacial score (nSPS) is 31.1. The van der Waals surface area contributed by atoms with Crippen molar-refractivity contribution in [3.05, 3.63) is 106 Å². The number of piperidine rings is 1. The summed E-state index contributed by atoms with van der Waals surface area (Å²) in [5.41, 5.74) is 1.76. The number of ether oxygens (including phenoxy) is 4. The summed E-state index contributed by atoms with van der Waals surface area (Å²) in [6.45, 7) is 4.49. The van der Waals surface area contributed by atoms with Gasteiger partial charge in [0.25, 0.3) is 0 Å². The number of carbonyl (C=O) groups is 1. The molecule has 4 saturated heterocycles. The molecule has 1 unspecified atom stereocenters. The van der Waals surface area contributed by atoms with E-state index in [2.05, 4.69) is 17.0 Å². The monoisotopic (exact) mass is 643 g/mol. The van der Waals surface area contributed by atoms with Crippen LogP contribution in [0.3, 0.4) is 0 Å². The van der Waals surface area contributed by atoms with Gasteiger partial charge in [-0.3, -0.25) is 9.69 Å². The lowest BCUT2D eigenvalue weighted by Crippen LogP contribution is -2.57. The molecule has 2 aromatic heterocycles. The second kappa shape index (κ2) is 9.57. The third-order valence-corrected chi connectivity index (χ3v) is 11.2. The van der Waals surface area contributed by atoms with Gasteiger partial charge in [-0.25, -0.2) is 14.8 Å². The maximum absolute atomic E-state index is 14.5. The van der Waals surface area contributed by atoms with Crippen molar-refractivity contribution >= 4 is 28.0 Å². The van der Waals surface area contributed by atoms with Crippen LogP contribution in [-0.4, -0.2) is 58.7 Å². The van der Waals surface area contributed by atoms with E-state index in [0.29, 0.717) is 11.3 Å². The van der Waals surface area contributed by atoms with Crippen LogP contribution in [0.5, 0.6) is 0 Å². The van der Waals surface area contributed by atoms with Crippen LogP contribution in [0.4, 0.5) is 0 Å². The van der Waals surface area contributed by atoms with Crippen LogP contribution < -0.4 is 5.43 Å². The Balaban J connectivity index is 1.41. The van der Waals surface area contributed by atoms with Gasteiger partial charge in [0, 0.05) is 17.5 Å². The number of para-hydroxylation sites is 3. The molecule has 10 rings (SSSR count). The Hall–Kier alpha value is -4.48. The van der Waals surface area contributed by atoms with Crippen LogP contribution in [0.1, 0.15) is 60.5 Å². The molecule has 10 nitrogen and oxygen atoms in total. The van der Waals surface area contributed by atoms with E-state index in [1.807, 2.05) is 56.3 Å². The zero-order valence-electron chi connectivity index (χ0n) is 26.8. The van der Waals surface area contributed by atoms with Gasteiger partial charge in [-0.05, 0) is 63.1 Å². The lowest BCUT2D eigenvalue weighted by atomic mass is 9.67. The largest absolute Gasteiger partial charge is 0.465 e. The summed E-state index contributed by atoms with van der Waals surface area (Å²) in [6.07, 6.45) is 1.44. The Morgan fingerprint density at radius 3 is 2.50 bits per heavy atom. The molecular weight excluding hydrogens is 610 g/mol. The molecule has 10 heteroatoms. The van der Waals surface area contributed by atoms with Gasteiger partial charge in [0.1, 0.15) is 22.8 Å². The SMILES string of the molecule is COC(=O)c1c([C@@]23O[C@H]4OC(C)(C)O[C@H]4[C@@H]2C2CCCCN2[C@@]32c3ccccc3-c3nc4ccccc4nc32)oc2ccccc2c1=O. The molecule has 5 aliphatic rings. The predicted molar refractivity (Wildman–Crippen MR) is 174 cm³/mol. The van der Waals surface area contributed by atoms with Crippen LogP contribution >= 0.6 is 0 Å². The fraction of sp³-hybridized carbons (Fsp3) is 0.368. The Labute approximate surface area is 275 Å². The van der Waals surface area contributed by atoms with Crippen molar-refractivity contribution in [3.8, 4) is 11.3 Å². The third-order valence-electron chi connectivity index (χ3n) is 11.2. The average Bonchev–Trinajstić information content (AvgIpc) is 3.75. The summed E-state index contributed by atoms with van der Waals surface area (Å²) < 4.78 is 32.9. The van der Waals surface area contributed by atoms with E-state index < -0.39 is 46.6 Å². The summed E-state index contributed by atoms with van der Waals surface area (Å²) in [4.78, 5) is 41.6. The molecule has 0 saturated carbocycles. The maximum Gasteiger partial charge on any atom is 0.345 e. The van der Waals surface area contributed by atoms with Crippen molar-refractivity contribution in [1.82, 2.24) is 14.9 Å². The first-order chi connectivity index (χ1) is 23.3. The first kappa shape index (κ1) is 28.5.